The van der Waals surface area contributed by atoms with E-state index in [1.165, 1.54) is 0 Å². The van der Waals surface area contributed by atoms with Crippen LogP contribution in [0.2, 0.25) is 0 Å². The van der Waals surface area contributed by atoms with Crippen LogP contribution in [0.5, 0.6) is 0 Å². The zero-order chi connectivity index (χ0) is 8.77. The molecule has 1 aromatic heterocycles. The van der Waals surface area contributed by atoms with E-state index in [2.05, 4.69) is 0 Å². The molecule has 0 spiro atoms. The second-order valence-corrected chi connectivity index (χ2v) is 3.39. The Bertz CT molecular complexity index is 323. The summed E-state index contributed by atoms with van der Waals surface area (Å²) in [7, 11) is 1.89. The maximum absolute atomic E-state index is 10.9. The maximum Gasteiger partial charge on any atom is 0.315 e. The lowest BCUT2D eigenvalue weighted by Crippen LogP contribution is -2.22. The predicted molar refractivity (Wildman–Crippen MR) is 44.0 cm³/mol. The fraction of sp³-hybridized carbons (Fsp3) is 0.444. The molecular formula is C9H11NO2. The van der Waals surface area contributed by atoms with Crippen LogP contribution in [0.4, 0.5) is 0 Å². The fourth-order valence-corrected chi connectivity index (χ4v) is 1.66. The van der Waals surface area contributed by atoms with Gasteiger partial charge in [-0.1, -0.05) is 0 Å². The quantitative estimate of drug-likeness (QED) is 0.714. The van der Waals surface area contributed by atoms with Gasteiger partial charge in [0, 0.05) is 18.9 Å². The van der Waals surface area contributed by atoms with Crippen LogP contribution in [0, 0.1) is 0 Å². The zero-order valence-electron chi connectivity index (χ0n) is 6.95. The Morgan fingerprint density at radius 2 is 2.33 bits per heavy atom. The van der Waals surface area contributed by atoms with Crippen LogP contribution >= 0.6 is 0 Å². The molecule has 0 saturated heterocycles. The SMILES string of the molecule is Cn1cccc1C1(C(=O)O)CC1. The molecule has 0 bridgehead atoms. The summed E-state index contributed by atoms with van der Waals surface area (Å²) in [5.74, 6) is -0.690. The van der Waals surface area contributed by atoms with Crippen LogP contribution in [0.25, 0.3) is 0 Å². The van der Waals surface area contributed by atoms with Crippen LogP contribution in [-0.2, 0) is 17.3 Å². The van der Waals surface area contributed by atoms with Gasteiger partial charge in [0.2, 0.25) is 0 Å². The number of carbonyl (C=O) groups is 1. The maximum atomic E-state index is 10.9. The molecule has 64 valence electrons. The lowest BCUT2D eigenvalue weighted by atomic mass is 10.0. The number of rotatable bonds is 2. The molecule has 1 saturated carbocycles. The normalized spacial score (nSPS) is 19.1. The number of hydrogen-bond acceptors (Lipinski definition) is 1. The Morgan fingerprint density at radius 1 is 1.67 bits per heavy atom. The number of hydrogen-bond donors (Lipinski definition) is 1. The first-order valence-corrected chi connectivity index (χ1v) is 4.02. The molecule has 0 radical (unpaired) electrons. The first-order chi connectivity index (χ1) is 5.67. The number of aliphatic carboxylic acids is 1. The molecule has 3 nitrogen and oxygen atoms in total. The molecule has 0 aromatic carbocycles. The van der Waals surface area contributed by atoms with Crippen molar-refractivity contribution in [3.8, 4) is 0 Å². The van der Waals surface area contributed by atoms with Gasteiger partial charge in [0.1, 0.15) is 5.41 Å². The molecule has 0 amide bonds. The third-order valence-corrected chi connectivity index (χ3v) is 2.59. The Hall–Kier alpha value is -1.25. The van der Waals surface area contributed by atoms with Crippen LogP contribution < -0.4 is 0 Å². The van der Waals surface area contributed by atoms with E-state index < -0.39 is 11.4 Å². The van der Waals surface area contributed by atoms with Gasteiger partial charge in [0.05, 0.1) is 0 Å². The van der Waals surface area contributed by atoms with Crippen molar-refractivity contribution in [1.29, 1.82) is 0 Å². The van der Waals surface area contributed by atoms with Crippen molar-refractivity contribution in [2.45, 2.75) is 18.3 Å². The number of aromatic nitrogens is 1. The molecule has 1 N–H and O–H groups in total. The van der Waals surface area contributed by atoms with E-state index >= 15 is 0 Å². The summed E-state index contributed by atoms with van der Waals surface area (Å²) in [6.45, 7) is 0. The van der Waals surface area contributed by atoms with Crippen LogP contribution in [0.15, 0.2) is 18.3 Å². The third-order valence-electron chi connectivity index (χ3n) is 2.59. The Balaban J connectivity index is 2.43. The Morgan fingerprint density at radius 3 is 2.67 bits per heavy atom. The van der Waals surface area contributed by atoms with Crippen molar-refractivity contribution in [1.82, 2.24) is 4.57 Å². The number of aryl methyl sites for hydroxylation is 1. The van der Waals surface area contributed by atoms with E-state index in [9.17, 15) is 4.79 Å². The average molecular weight is 165 g/mol. The minimum atomic E-state index is -0.690. The smallest absolute Gasteiger partial charge is 0.315 e. The standard InChI is InChI=1S/C9H11NO2/c1-10-6-2-3-7(10)9(4-5-9)8(11)12/h2-3,6H,4-5H2,1H3,(H,11,12). The van der Waals surface area contributed by atoms with Gasteiger partial charge in [-0.05, 0) is 25.0 Å². The van der Waals surface area contributed by atoms with Gasteiger partial charge in [-0.3, -0.25) is 4.79 Å². The van der Waals surface area contributed by atoms with E-state index in [4.69, 9.17) is 5.11 Å². The summed E-state index contributed by atoms with van der Waals surface area (Å²) in [6, 6.07) is 3.78. The zero-order valence-corrected chi connectivity index (χ0v) is 6.95. The highest BCUT2D eigenvalue weighted by atomic mass is 16.4. The van der Waals surface area contributed by atoms with E-state index in [0.717, 1.165) is 18.5 Å². The highest BCUT2D eigenvalue weighted by molar-refractivity contribution is 5.84. The number of nitrogens with zero attached hydrogens (tertiary/aromatic N) is 1. The molecular weight excluding hydrogens is 154 g/mol. The summed E-state index contributed by atoms with van der Waals surface area (Å²) >= 11 is 0. The van der Waals surface area contributed by atoms with Gasteiger partial charge in [0.25, 0.3) is 0 Å². The molecule has 3 heteroatoms. The molecule has 1 aliphatic carbocycles. The molecule has 1 aromatic rings. The highest BCUT2D eigenvalue weighted by Gasteiger charge is 2.53. The summed E-state index contributed by atoms with van der Waals surface area (Å²) in [4.78, 5) is 10.9. The molecule has 12 heavy (non-hydrogen) atoms. The van der Waals surface area contributed by atoms with Crippen LogP contribution in [0.1, 0.15) is 18.5 Å². The molecule has 1 aliphatic rings. The first-order valence-electron chi connectivity index (χ1n) is 4.02. The van der Waals surface area contributed by atoms with Gasteiger partial charge in [-0.25, -0.2) is 0 Å². The molecule has 1 heterocycles. The van der Waals surface area contributed by atoms with Crippen molar-refractivity contribution in [3.05, 3.63) is 24.0 Å². The van der Waals surface area contributed by atoms with E-state index in [1.807, 2.05) is 29.9 Å². The minimum Gasteiger partial charge on any atom is -0.481 e. The van der Waals surface area contributed by atoms with Crippen LogP contribution in [0.3, 0.4) is 0 Å². The van der Waals surface area contributed by atoms with Gasteiger partial charge >= 0.3 is 5.97 Å². The minimum absolute atomic E-state index is 0.557. The molecule has 0 atom stereocenters. The number of carboxylic acid groups (broad SMARTS) is 1. The predicted octanol–water partition coefficient (Wildman–Crippen LogP) is 1.14. The summed E-state index contributed by atoms with van der Waals surface area (Å²) in [5.41, 5.74) is 0.369. The lowest BCUT2D eigenvalue weighted by Gasteiger charge is -2.10. The largest absolute Gasteiger partial charge is 0.481 e. The topological polar surface area (TPSA) is 42.2 Å². The Kier molecular flexibility index (Phi) is 1.31. The Labute approximate surface area is 70.6 Å². The summed E-state index contributed by atoms with van der Waals surface area (Å²) < 4.78 is 1.89. The van der Waals surface area contributed by atoms with Gasteiger partial charge in [0.15, 0.2) is 0 Å². The second-order valence-electron chi connectivity index (χ2n) is 3.39. The highest BCUT2D eigenvalue weighted by Crippen LogP contribution is 2.48. The summed E-state index contributed by atoms with van der Waals surface area (Å²) in [5, 5.41) is 8.99. The fourth-order valence-electron chi connectivity index (χ4n) is 1.66. The monoisotopic (exact) mass is 165 g/mol. The number of carboxylic acids is 1. The molecule has 0 aliphatic heterocycles. The van der Waals surface area contributed by atoms with E-state index in [-0.39, 0.29) is 0 Å². The third kappa shape index (κ3) is 0.793. The van der Waals surface area contributed by atoms with Gasteiger partial charge in [-0.2, -0.15) is 0 Å². The van der Waals surface area contributed by atoms with E-state index in [1.54, 1.807) is 0 Å². The molecule has 1 fully saturated rings. The van der Waals surface area contributed by atoms with Crippen molar-refractivity contribution in [2.24, 2.45) is 7.05 Å². The lowest BCUT2D eigenvalue weighted by molar-refractivity contribution is -0.140. The average Bonchev–Trinajstić information content (AvgIpc) is 2.71. The van der Waals surface area contributed by atoms with Gasteiger partial charge < -0.3 is 9.67 Å². The first kappa shape index (κ1) is 7.40. The van der Waals surface area contributed by atoms with Crippen molar-refractivity contribution in [3.63, 3.8) is 0 Å². The molecule has 2 rings (SSSR count). The van der Waals surface area contributed by atoms with E-state index in [0.29, 0.717) is 0 Å². The van der Waals surface area contributed by atoms with Crippen molar-refractivity contribution < 1.29 is 9.90 Å². The van der Waals surface area contributed by atoms with Gasteiger partial charge in [-0.15, -0.1) is 0 Å². The van der Waals surface area contributed by atoms with Crippen LogP contribution in [-0.4, -0.2) is 15.6 Å². The van der Waals surface area contributed by atoms with Crippen molar-refractivity contribution in [2.75, 3.05) is 0 Å². The van der Waals surface area contributed by atoms with Crippen molar-refractivity contribution >= 4 is 5.97 Å². The molecule has 0 unspecified atom stereocenters. The summed E-state index contributed by atoms with van der Waals surface area (Å²) in [6.07, 6.45) is 3.44. The second kappa shape index (κ2) is 2.12.